The fourth-order valence-corrected chi connectivity index (χ4v) is 1.31. The van der Waals surface area contributed by atoms with Gasteiger partial charge in [-0.05, 0) is 17.7 Å². The molecular formula is C10H12N4. The molecule has 0 spiro atoms. The highest BCUT2D eigenvalue weighted by Crippen LogP contribution is 2.16. The lowest BCUT2D eigenvalue weighted by Gasteiger charge is -2.05. The van der Waals surface area contributed by atoms with E-state index in [0.29, 0.717) is 11.4 Å². The van der Waals surface area contributed by atoms with E-state index in [1.54, 1.807) is 12.5 Å². The summed E-state index contributed by atoms with van der Waals surface area (Å²) in [7, 11) is 0. The van der Waals surface area contributed by atoms with Crippen LogP contribution in [-0.2, 0) is 6.54 Å². The first-order valence-corrected chi connectivity index (χ1v) is 4.35. The summed E-state index contributed by atoms with van der Waals surface area (Å²) in [6.45, 7) is 0.768. The molecule has 0 unspecified atom stereocenters. The Morgan fingerprint density at radius 3 is 2.71 bits per heavy atom. The van der Waals surface area contributed by atoms with Crippen LogP contribution < -0.4 is 11.5 Å². The zero-order valence-electron chi connectivity index (χ0n) is 7.72. The van der Waals surface area contributed by atoms with Crippen molar-refractivity contribution in [3.63, 3.8) is 0 Å². The molecule has 0 atom stereocenters. The van der Waals surface area contributed by atoms with Gasteiger partial charge in [0.15, 0.2) is 0 Å². The molecule has 0 radical (unpaired) electrons. The molecule has 0 saturated carbocycles. The summed E-state index contributed by atoms with van der Waals surface area (Å²) in [5.41, 5.74) is 13.7. The van der Waals surface area contributed by atoms with Crippen molar-refractivity contribution < 1.29 is 0 Å². The molecule has 4 N–H and O–H groups in total. The van der Waals surface area contributed by atoms with Crippen molar-refractivity contribution in [2.75, 3.05) is 11.5 Å². The average Bonchev–Trinajstić information content (AvgIpc) is 2.64. The molecule has 0 saturated heterocycles. The maximum Gasteiger partial charge on any atom is 0.0949 e. The first-order valence-electron chi connectivity index (χ1n) is 4.35. The lowest BCUT2D eigenvalue weighted by Crippen LogP contribution is -1.99. The Morgan fingerprint density at radius 1 is 1.21 bits per heavy atom. The molecule has 0 amide bonds. The SMILES string of the molecule is Nc1ccc(Cn2ccnc2)cc1N. The van der Waals surface area contributed by atoms with Crippen LogP contribution in [0.1, 0.15) is 5.56 Å². The van der Waals surface area contributed by atoms with Crippen LogP contribution in [0.25, 0.3) is 0 Å². The fraction of sp³-hybridized carbons (Fsp3) is 0.100. The van der Waals surface area contributed by atoms with Gasteiger partial charge in [-0.2, -0.15) is 0 Å². The molecule has 4 heteroatoms. The predicted octanol–water partition coefficient (Wildman–Crippen LogP) is 1.10. The molecule has 0 aliphatic rings. The zero-order valence-corrected chi connectivity index (χ0v) is 7.72. The van der Waals surface area contributed by atoms with Crippen LogP contribution in [0, 0.1) is 0 Å². The third-order valence-corrected chi connectivity index (χ3v) is 2.08. The maximum absolute atomic E-state index is 5.70. The van der Waals surface area contributed by atoms with Crippen LogP contribution in [0.2, 0.25) is 0 Å². The smallest absolute Gasteiger partial charge is 0.0949 e. The van der Waals surface area contributed by atoms with E-state index in [-0.39, 0.29) is 0 Å². The van der Waals surface area contributed by atoms with Gasteiger partial charge < -0.3 is 16.0 Å². The highest BCUT2D eigenvalue weighted by atomic mass is 15.0. The van der Waals surface area contributed by atoms with Gasteiger partial charge in [-0.15, -0.1) is 0 Å². The van der Waals surface area contributed by atoms with E-state index in [9.17, 15) is 0 Å². The van der Waals surface area contributed by atoms with Gasteiger partial charge >= 0.3 is 0 Å². The number of aromatic nitrogens is 2. The Kier molecular flexibility index (Phi) is 2.10. The highest BCUT2D eigenvalue weighted by molar-refractivity contribution is 5.63. The highest BCUT2D eigenvalue weighted by Gasteiger charge is 1.97. The molecule has 0 fully saturated rings. The molecule has 2 rings (SSSR count). The molecular weight excluding hydrogens is 176 g/mol. The van der Waals surface area contributed by atoms with Gasteiger partial charge in [0.05, 0.1) is 17.7 Å². The molecule has 4 nitrogen and oxygen atoms in total. The summed E-state index contributed by atoms with van der Waals surface area (Å²) in [6.07, 6.45) is 5.43. The van der Waals surface area contributed by atoms with E-state index >= 15 is 0 Å². The number of anilines is 2. The van der Waals surface area contributed by atoms with Gasteiger partial charge in [0.25, 0.3) is 0 Å². The van der Waals surface area contributed by atoms with E-state index < -0.39 is 0 Å². The molecule has 2 aromatic rings. The Morgan fingerprint density at radius 2 is 2.07 bits per heavy atom. The number of imidazole rings is 1. The number of rotatable bonds is 2. The summed E-state index contributed by atoms with van der Waals surface area (Å²) in [4.78, 5) is 3.97. The van der Waals surface area contributed by atoms with Crippen molar-refractivity contribution in [3.8, 4) is 0 Å². The third kappa shape index (κ3) is 1.69. The van der Waals surface area contributed by atoms with Crippen LogP contribution in [0.15, 0.2) is 36.9 Å². The molecule has 1 aromatic carbocycles. The quantitative estimate of drug-likeness (QED) is 0.693. The van der Waals surface area contributed by atoms with Crippen LogP contribution >= 0.6 is 0 Å². The first-order chi connectivity index (χ1) is 6.75. The van der Waals surface area contributed by atoms with E-state index in [0.717, 1.165) is 12.1 Å². The zero-order chi connectivity index (χ0) is 9.97. The monoisotopic (exact) mass is 188 g/mol. The first kappa shape index (κ1) is 8.62. The van der Waals surface area contributed by atoms with Gasteiger partial charge in [-0.3, -0.25) is 0 Å². The van der Waals surface area contributed by atoms with E-state index in [4.69, 9.17) is 11.5 Å². The number of hydrogen-bond donors (Lipinski definition) is 2. The number of nitrogen functional groups attached to an aromatic ring is 2. The van der Waals surface area contributed by atoms with E-state index in [1.807, 2.05) is 29.0 Å². The summed E-state index contributed by atoms with van der Waals surface area (Å²) in [5.74, 6) is 0. The predicted molar refractivity (Wildman–Crippen MR) is 56.6 cm³/mol. The summed E-state index contributed by atoms with van der Waals surface area (Å²) in [5, 5.41) is 0. The van der Waals surface area contributed by atoms with Crippen molar-refractivity contribution in [2.24, 2.45) is 0 Å². The molecule has 14 heavy (non-hydrogen) atoms. The summed E-state index contributed by atoms with van der Waals surface area (Å²) < 4.78 is 1.98. The van der Waals surface area contributed by atoms with Crippen molar-refractivity contribution in [1.29, 1.82) is 0 Å². The van der Waals surface area contributed by atoms with Crippen molar-refractivity contribution in [2.45, 2.75) is 6.54 Å². The Hall–Kier alpha value is -1.97. The minimum Gasteiger partial charge on any atom is -0.397 e. The molecule has 1 aromatic heterocycles. The number of benzene rings is 1. The van der Waals surface area contributed by atoms with Crippen LogP contribution in [-0.4, -0.2) is 9.55 Å². The number of nitrogens with zero attached hydrogens (tertiary/aromatic N) is 2. The van der Waals surface area contributed by atoms with Crippen LogP contribution in [0.4, 0.5) is 11.4 Å². The van der Waals surface area contributed by atoms with Gasteiger partial charge in [-0.1, -0.05) is 6.07 Å². The van der Waals surface area contributed by atoms with E-state index in [1.165, 1.54) is 0 Å². The number of nitrogens with two attached hydrogens (primary N) is 2. The standard InChI is InChI=1S/C10H12N4/c11-9-2-1-8(5-10(9)12)6-14-4-3-13-7-14/h1-5,7H,6,11-12H2. The van der Waals surface area contributed by atoms with Crippen molar-refractivity contribution >= 4 is 11.4 Å². The van der Waals surface area contributed by atoms with Crippen molar-refractivity contribution in [1.82, 2.24) is 9.55 Å². The molecule has 0 aliphatic heterocycles. The lowest BCUT2D eigenvalue weighted by molar-refractivity contribution is 0.798. The summed E-state index contributed by atoms with van der Waals surface area (Å²) >= 11 is 0. The van der Waals surface area contributed by atoms with E-state index in [2.05, 4.69) is 4.98 Å². The minimum absolute atomic E-state index is 0.624. The third-order valence-electron chi connectivity index (χ3n) is 2.08. The Balaban J connectivity index is 2.22. The molecule has 1 heterocycles. The largest absolute Gasteiger partial charge is 0.397 e. The Bertz CT molecular complexity index is 420. The average molecular weight is 188 g/mol. The topological polar surface area (TPSA) is 69.9 Å². The second kappa shape index (κ2) is 3.41. The van der Waals surface area contributed by atoms with Gasteiger partial charge in [0.2, 0.25) is 0 Å². The summed E-state index contributed by atoms with van der Waals surface area (Å²) in [6, 6.07) is 5.67. The number of hydrogen-bond acceptors (Lipinski definition) is 3. The minimum atomic E-state index is 0.624. The van der Waals surface area contributed by atoms with Crippen molar-refractivity contribution in [3.05, 3.63) is 42.5 Å². The molecule has 72 valence electrons. The maximum atomic E-state index is 5.70. The second-order valence-corrected chi connectivity index (χ2v) is 3.20. The van der Waals surface area contributed by atoms with Gasteiger partial charge in [0, 0.05) is 18.9 Å². The second-order valence-electron chi connectivity index (χ2n) is 3.20. The van der Waals surface area contributed by atoms with Crippen LogP contribution in [0.5, 0.6) is 0 Å². The van der Waals surface area contributed by atoms with Gasteiger partial charge in [0.1, 0.15) is 0 Å². The normalized spacial score (nSPS) is 10.3. The molecule has 0 aliphatic carbocycles. The molecule has 0 bridgehead atoms. The fourth-order valence-electron chi connectivity index (χ4n) is 1.31. The van der Waals surface area contributed by atoms with Crippen LogP contribution in [0.3, 0.4) is 0 Å². The lowest BCUT2D eigenvalue weighted by atomic mass is 10.2. The Labute approximate surface area is 82.2 Å². The van der Waals surface area contributed by atoms with Gasteiger partial charge in [-0.25, -0.2) is 4.98 Å².